The lowest BCUT2D eigenvalue weighted by molar-refractivity contribution is 0.0703. The van der Waals surface area contributed by atoms with E-state index in [2.05, 4.69) is 19.5 Å². The molecule has 0 radical (unpaired) electrons. The Morgan fingerprint density at radius 3 is 3.00 bits per heavy atom. The number of rotatable bonds is 4. The number of fused-ring (bicyclic) bond motifs is 1. The Bertz CT molecular complexity index is 1130. The van der Waals surface area contributed by atoms with Crippen LogP contribution in [-0.2, 0) is 6.54 Å². The number of carbonyl (C=O) groups excluding carboxylic acids is 1. The average Bonchev–Trinajstić information content (AvgIpc) is 3.43. The van der Waals surface area contributed by atoms with Crippen molar-refractivity contribution in [1.82, 2.24) is 24.4 Å². The summed E-state index contributed by atoms with van der Waals surface area (Å²) in [6.45, 7) is 2.18. The maximum Gasteiger partial charge on any atom is 0.253 e. The molecule has 0 spiro atoms. The van der Waals surface area contributed by atoms with Gasteiger partial charge in [0.05, 0.1) is 12.2 Å². The lowest BCUT2D eigenvalue weighted by Crippen LogP contribution is -2.39. The number of hydrogen-bond acceptors (Lipinski definition) is 3. The molecule has 29 heavy (non-hydrogen) atoms. The summed E-state index contributed by atoms with van der Waals surface area (Å²) >= 11 is 0. The van der Waals surface area contributed by atoms with Crippen LogP contribution in [0.25, 0.3) is 10.9 Å². The number of carbonyl (C=O) groups is 1. The maximum absolute atomic E-state index is 13.1. The monoisotopic (exact) mass is 385 g/mol. The van der Waals surface area contributed by atoms with Gasteiger partial charge in [0.25, 0.3) is 5.91 Å². The number of benzene rings is 1. The van der Waals surface area contributed by atoms with Crippen molar-refractivity contribution in [1.29, 1.82) is 0 Å². The highest BCUT2D eigenvalue weighted by atomic mass is 16.2. The second kappa shape index (κ2) is 7.54. The van der Waals surface area contributed by atoms with E-state index in [-0.39, 0.29) is 11.8 Å². The molecule has 1 N–H and O–H groups in total. The molecule has 5 rings (SSSR count). The number of aromatic amines is 1. The summed E-state index contributed by atoms with van der Waals surface area (Å²) in [6, 6.07) is 13.8. The molecule has 146 valence electrons. The zero-order valence-electron chi connectivity index (χ0n) is 16.2. The van der Waals surface area contributed by atoms with E-state index in [1.807, 2.05) is 72.2 Å². The van der Waals surface area contributed by atoms with Crippen molar-refractivity contribution >= 4 is 16.8 Å². The molecular formula is C23H23N5O. The molecule has 0 bridgehead atoms. The summed E-state index contributed by atoms with van der Waals surface area (Å²) < 4.78 is 2.16. The maximum atomic E-state index is 13.1. The van der Waals surface area contributed by atoms with Crippen LogP contribution in [0.4, 0.5) is 0 Å². The van der Waals surface area contributed by atoms with E-state index in [1.165, 1.54) is 0 Å². The minimum atomic E-state index is 0.0917. The molecule has 6 nitrogen and oxygen atoms in total. The van der Waals surface area contributed by atoms with Crippen molar-refractivity contribution in [2.45, 2.75) is 25.3 Å². The molecule has 1 saturated heterocycles. The third kappa shape index (κ3) is 3.53. The van der Waals surface area contributed by atoms with Crippen LogP contribution >= 0.6 is 0 Å². The van der Waals surface area contributed by atoms with Gasteiger partial charge >= 0.3 is 0 Å². The summed E-state index contributed by atoms with van der Waals surface area (Å²) in [7, 11) is 0. The minimum Gasteiger partial charge on any atom is -0.361 e. The third-order valence-electron chi connectivity index (χ3n) is 5.68. The number of likely N-dealkylation sites (tertiary alicyclic amines) is 1. The van der Waals surface area contributed by atoms with Crippen LogP contribution < -0.4 is 0 Å². The molecule has 1 aliphatic rings. The Balaban J connectivity index is 1.34. The van der Waals surface area contributed by atoms with Crippen molar-refractivity contribution in [3.8, 4) is 0 Å². The number of pyridine rings is 1. The first kappa shape index (κ1) is 17.7. The molecule has 0 aliphatic carbocycles. The molecule has 1 aliphatic heterocycles. The highest BCUT2D eigenvalue weighted by Crippen LogP contribution is 2.27. The molecule has 4 heterocycles. The van der Waals surface area contributed by atoms with Gasteiger partial charge in [-0.3, -0.25) is 9.78 Å². The van der Waals surface area contributed by atoms with Crippen LogP contribution in [0.5, 0.6) is 0 Å². The average molecular weight is 385 g/mol. The van der Waals surface area contributed by atoms with Crippen molar-refractivity contribution in [3.05, 3.63) is 84.3 Å². The van der Waals surface area contributed by atoms with Crippen LogP contribution in [-0.4, -0.2) is 43.4 Å². The van der Waals surface area contributed by atoms with Crippen molar-refractivity contribution in [3.63, 3.8) is 0 Å². The quantitative estimate of drug-likeness (QED) is 0.581. The Morgan fingerprint density at radius 2 is 2.10 bits per heavy atom. The highest BCUT2D eigenvalue weighted by molar-refractivity contribution is 5.98. The number of H-pyrrole nitrogens is 1. The Morgan fingerprint density at radius 1 is 1.14 bits per heavy atom. The molecule has 6 heteroatoms. The fraction of sp³-hybridized carbons (Fsp3) is 0.261. The Hall–Kier alpha value is -3.41. The number of imidazole rings is 1. The normalized spacial score (nSPS) is 17.0. The number of nitrogens with one attached hydrogen (secondary N) is 1. The first-order valence-corrected chi connectivity index (χ1v) is 10.1. The van der Waals surface area contributed by atoms with Crippen LogP contribution in [0.15, 0.2) is 67.3 Å². The van der Waals surface area contributed by atoms with E-state index in [0.29, 0.717) is 13.1 Å². The van der Waals surface area contributed by atoms with E-state index in [0.717, 1.165) is 47.4 Å². The van der Waals surface area contributed by atoms with Gasteiger partial charge in [-0.15, -0.1) is 0 Å². The number of piperidine rings is 1. The molecule has 1 amide bonds. The second-order valence-corrected chi connectivity index (χ2v) is 7.60. The van der Waals surface area contributed by atoms with E-state index in [9.17, 15) is 4.79 Å². The van der Waals surface area contributed by atoms with Gasteiger partial charge in [-0.2, -0.15) is 0 Å². The van der Waals surface area contributed by atoms with Crippen molar-refractivity contribution < 1.29 is 4.79 Å². The minimum absolute atomic E-state index is 0.0917. The second-order valence-electron chi connectivity index (χ2n) is 7.60. The summed E-state index contributed by atoms with van der Waals surface area (Å²) in [5, 5.41) is 1.12. The summed E-state index contributed by atoms with van der Waals surface area (Å²) in [5.74, 6) is 1.36. The zero-order chi connectivity index (χ0) is 19.6. The predicted molar refractivity (Wildman–Crippen MR) is 112 cm³/mol. The van der Waals surface area contributed by atoms with E-state index < -0.39 is 0 Å². The number of amides is 1. The van der Waals surface area contributed by atoms with Gasteiger partial charge in [-0.1, -0.05) is 12.1 Å². The van der Waals surface area contributed by atoms with Crippen molar-refractivity contribution in [2.75, 3.05) is 13.1 Å². The third-order valence-corrected chi connectivity index (χ3v) is 5.68. The topological polar surface area (TPSA) is 66.8 Å². The van der Waals surface area contributed by atoms with Gasteiger partial charge < -0.3 is 14.5 Å². The van der Waals surface area contributed by atoms with Gasteiger partial charge in [-0.25, -0.2) is 4.98 Å². The van der Waals surface area contributed by atoms with Crippen LogP contribution in [0.3, 0.4) is 0 Å². The molecule has 0 unspecified atom stereocenters. The summed E-state index contributed by atoms with van der Waals surface area (Å²) in [5.41, 5.74) is 2.74. The first-order chi connectivity index (χ1) is 14.3. The van der Waals surface area contributed by atoms with Crippen molar-refractivity contribution in [2.24, 2.45) is 0 Å². The molecular weight excluding hydrogens is 362 g/mol. The predicted octanol–water partition coefficient (Wildman–Crippen LogP) is 3.83. The summed E-state index contributed by atoms with van der Waals surface area (Å²) in [6.07, 6.45) is 9.59. The van der Waals surface area contributed by atoms with E-state index in [1.54, 1.807) is 0 Å². The number of hydrogen-bond donors (Lipinski definition) is 1. The number of nitrogens with zero attached hydrogens (tertiary/aromatic N) is 4. The zero-order valence-corrected chi connectivity index (χ0v) is 16.2. The fourth-order valence-electron chi connectivity index (χ4n) is 4.22. The first-order valence-electron chi connectivity index (χ1n) is 10.1. The molecule has 1 fully saturated rings. The standard InChI is InChI=1S/C23H23N5O/c29-23(18-7-6-17-8-10-25-21(17)14-18)28-12-3-4-19(15-28)22-26-11-13-27(22)16-20-5-1-2-9-24-20/h1-2,5-11,13-14,19,25H,3-4,12,15-16H2/t19-/m1/s1. The molecule has 1 atom stereocenters. The van der Waals surface area contributed by atoms with Crippen LogP contribution in [0, 0.1) is 0 Å². The lowest BCUT2D eigenvalue weighted by atomic mass is 9.96. The van der Waals surface area contributed by atoms with Gasteiger partial charge in [0.1, 0.15) is 5.82 Å². The molecule has 3 aromatic heterocycles. The smallest absolute Gasteiger partial charge is 0.253 e. The molecule has 1 aromatic carbocycles. The largest absolute Gasteiger partial charge is 0.361 e. The molecule has 4 aromatic rings. The lowest BCUT2D eigenvalue weighted by Gasteiger charge is -2.32. The fourth-order valence-corrected chi connectivity index (χ4v) is 4.22. The highest BCUT2D eigenvalue weighted by Gasteiger charge is 2.28. The van der Waals surface area contributed by atoms with Crippen LogP contribution in [0.1, 0.15) is 40.6 Å². The Kier molecular flexibility index (Phi) is 4.60. The van der Waals surface area contributed by atoms with E-state index in [4.69, 9.17) is 0 Å². The van der Waals surface area contributed by atoms with Gasteiger partial charge in [0.15, 0.2) is 0 Å². The summed E-state index contributed by atoms with van der Waals surface area (Å²) in [4.78, 5) is 27.3. The molecule has 0 saturated carbocycles. The Labute approximate surface area is 169 Å². The number of aromatic nitrogens is 4. The SMILES string of the molecule is O=C(c1ccc2cc[nH]c2c1)N1CCC[C@@H](c2nccn2Cc2ccccn2)C1. The van der Waals surface area contributed by atoms with Gasteiger partial charge in [0.2, 0.25) is 0 Å². The van der Waals surface area contributed by atoms with Gasteiger partial charge in [0, 0.05) is 54.9 Å². The van der Waals surface area contributed by atoms with E-state index >= 15 is 0 Å². The van der Waals surface area contributed by atoms with Crippen LogP contribution in [0.2, 0.25) is 0 Å². The van der Waals surface area contributed by atoms with Gasteiger partial charge in [-0.05, 0) is 48.6 Å².